The molecule has 1 aliphatic rings. The van der Waals surface area contributed by atoms with E-state index >= 15 is 0 Å². The number of hydrogen-bond donors (Lipinski definition) is 0. The van der Waals surface area contributed by atoms with Crippen LogP contribution >= 0.6 is 11.6 Å². The minimum Gasteiger partial charge on any atom is -0.366 e. The molecule has 7 nitrogen and oxygen atoms in total. The van der Waals surface area contributed by atoms with Gasteiger partial charge >= 0.3 is 0 Å². The van der Waals surface area contributed by atoms with Crippen molar-refractivity contribution in [2.45, 2.75) is 25.9 Å². The fourth-order valence-corrected chi connectivity index (χ4v) is 3.45. The minimum atomic E-state index is -2.71. The maximum atomic E-state index is 13.1. The summed E-state index contributed by atoms with van der Waals surface area (Å²) in [5.74, 6) is 0. The van der Waals surface area contributed by atoms with E-state index < -0.39 is 25.0 Å². The molecule has 0 aliphatic carbocycles. The summed E-state index contributed by atoms with van der Waals surface area (Å²) in [7, 11) is 1.60. The van der Waals surface area contributed by atoms with Gasteiger partial charge in [-0.3, -0.25) is 14.4 Å². The molecule has 3 rings (SSSR count). The zero-order valence-electron chi connectivity index (χ0n) is 15.0. The first-order valence-electron chi connectivity index (χ1n) is 8.58. The Labute approximate surface area is 163 Å². The fraction of sp³-hybridized carbons (Fsp3) is 0.562. The lowest BCUT2D eigenvalue weighted by Crippen LogP contribution is -2.46. The number of anilines is 1. The van der Waals surface area contributed by atoms with E-state index in [1.807, 2.05) is 9.80 Å². The van der Waals surface area contributed by atoms with Crippen LogP contribution in [-0.4, -0.2) is 57.1 Å². The summed E-state index contributed by atoms with van der Waals surface area (Å²) in [6, 6.07) is 0. The van der Waals surface area contributed by atoms with Gasteiger partial charge in [0, 0.05) is 51.5 Å². The molecule has 0 amide bonds. The molecule has 0 saturated carbocycles. The summed E-state index contributed by atoms with van der Waals surface area (Å²) in [5, 5.41) is 7.41. The van der Waals surface area contributed by atoms with E-state index in [-0.39, 0.29) is 10.7 Å². The first-order valence-corrected chi connectivity index (χ1v) is 8.95. The Bertz CT molecular complexity index is 879. The normalized spacial score (nSPS) is 15.8. The van der Waals surface area contributed by atoms with E-state index in [1.165, 1.54) is 10.9 Å². The van der Waals surface area contributed by atoms with Crippen LogP contribution in [0.2, 0.25) is 5.02 Å². The summed E-state index contributed by atoms with van der Waals surface area (Å²) in [6.07, 6.45) is -2.46. The summed E-state index contributed by atoms with van der Waals surface area (Å²) in [4.78, 5) is 15.9. The molecule has 2 aromatic heterocycles. The van der Waals surface area contributed by atoms with Crippen molar-refractivity contribution < 1.29 is 17.6 Å². The highest BCUT2D eigenvalue weighted by atomic mass is 35.5. The van der Waals surface area contributed by atoms with Crippen LogP contribution in [0.4, 0.5) is 23.2 Å². The lowest BCUT2D eigenvalue weighted by atomic mass is 10.2. The molecule has 0 spiro atoms. The Hall–Kier alpha value is -2.14. The molecule has 12 heteroatoms. The van der Waals surface area contributed by atoms with Crippen LogP contribution in [0.1, 0.15) is 17.7 Å². The molecule has 0 aromatic carbocycles. The number of rotatable bonds is 6. The van der Waals surface area contributed by atoms with Gasteiger partial charge in [0.25, 0.3) is 18.4 Å². The first-order chi connectivity index (χ1) is 13.3. The van der Waals surface area contributed by atoms with Crippen molar-refractivity contribution in [1.29, 1.82) is 0 Å². The van der Waals surface area contributed by atoms with E-state index in [1.54, 1.807) is 13.2 Å². The van der Waals surface area contributed by atoms with Gasteiger partial charge < -0.3 is 4.90 Å². The van der Waals surface area contributed by atoms with Crippen molar-refractivity contribution in [3.8, 4) is 0 Å². The number of alkyl halides is 4. The first kappa shape index (κ1) is 20.6. The number of hydrogen-bond acceptors (Lipinski definition) is 5. The summed E-state index contributed by atoms with van der Waals surface area (Å²) < 4.78 is 53.1. The van der Waals surface area contributed by atoms with Gasteiger partial charge in [-0.2, -0.15) is 10.2 Å². The molecule has 28 heavy (non-hydrogen) atoms. The highest BCUT2D eigenvalue weighted by molar-refractivity contribution is 6.33. The van der Waals surface area contributed by atoms with Crippen LogP contribution < -0.4 is 10.5 Å². The van der Waals surface area contributed by atoms with Crippen molar-refractivity contribution in [3.63, 3.8) is 0 Å². The van der Waals surface area contributed by atoms with Gasteiger partial charge in [0.05, 0.1) is 11.9 Å². The molecule has 154 valence electrons. The third-order valence-electron chi connectivity index (χ3n) is 4.53. The van der Waals surface area contributed by atoms with Gasteiger partial charge in [0.15, 0.2) is 0 Å². The van der Waals surface area contributed by atoms with Gasteiger partial charge in [-0.25, -0.2) is 22.2 Å². The third-order valence-corrected chi connectivity index (χ3v) is 4.88. The fourth-order valence-electron chi connectivity index (χ4n) is 3.19. The van der Waals surface area contributed by atoms with Crippen molar-refractivity contribution in [1.82, 2.24) is 24.5 Å². The maximum Gasteiger partial charge on any atom is 0.287 e. The third kappa shape index (κ3) is 4.46. The monoisotopic (exact) mass is 422 g/mol. The minimum absolute atomic E-state index is 0.156. The van der Waals surface area contributed by atoms with E-state index in [0.717, 1.165) is 0 Å². The molecule has 0 bridgehead atoms. The highest BCUT2D eigenvalue weighted by Crippen LogP contribution is 2.25. The molecule has 0 N–H and O–H groups in total. The Morgan fingerprint density at radius 3 is 2.46 bits per heavy atom. The molecular formula is C16H19ClF4N6O. The van der Waals surface area contributed by atoms with Crippen LogP contribution in [0.15, 0.2) is 17.2 Å². The number of nitrogens with zero attached hydrogens (tertiary/aromatic N) is 6. The maximum absolute atomic E-state index is 13.1. The van der Waals surface area contributed by atoms with Crippen LogP contribution in [0, 0.1) is 0 Å². The van der Waals surface area contributed by atoms with Crippen molar-refractivity contribution in [3.05, 3.63) is 39.0 Å². The quantitative estimate of drug-likeness (QED) is 0.668. The zero-order valence-corrected chi connectivity index (χ0v) is 15.8. The summed E-state index contributed by atoms with van der Waals surface area (Å²) >= 11 is 6.07. The van der Waals surface area contributed by atoms with Crippen molar-refractivity contribution in [2.75, 3.05) is 31.1 Å². The molecular weight excluding hydrogens is 404 g/mol. The zero-order chi connectivity index (χ0) is 20.4. The standard InChI is InChI=1S/C16H19ClF4N6O/c1-24-7-10(14(23-24)15(20)21)8-25-2-4-26(5-3-25)11-6-22-27(9-12(18)19)16(28)13(11)17/h6-7,12,15H,2-5,8-9H2,1H3. The second-order valence-electron chi connectivity index (χ2n) is 6.50. The topological polar surface area (TPSA) is 59.2 Å². The molecule has 1 fully saturated rings. The largest absolute Gasteiger partial charge is 0.366 e. The second-order valence-corrected chi connectivity index (χ2v) is 6.88. The van der Waals surface area contributed by atoms with E-state index in [0.29, 0.717) is 48.7 Å². The van der Waals surface area contributed by atoms with Crippen LogP contribution in [0.3, 0.4) is 0 Å². The van der Waals surface area contributed by atoms with E-state index in [9.17, 15) is 22.4 Å². The Balaban J connectivity index is 1.66. The van der Waals surface area contributed by atoms with Gasteiger partial charge in [-0.05, 0) is 0 Å². The van der Waals surface area contributed by atoms with Crippen molar-refractivity contribution in [2.24, 2.45) is 7.05 Å². The van der Waals surface area contributed by atoms with Crippen LogP contribution in [0.5, 0.6) is 0 Å². The lowest BCUT2D eigenvalue weighted by Gasteiger charge is -2.36. The number of halogens is 5. The molecule has 1 aliphatic heterocycles. The van der Waals surface area contributed by atoms with Gasteiger partial charge in [0.1, 0.15) is 17.3 Å². The Kier molecular flexibility index (Phi) is 6.23. The van der Waals surface area contributed by atoms with E-state index in [2.05, 4.69) is 10.2 Å². The average molecular weight is 423 g/mol. The predicted octanol–water partition coefficient (Wildman–Crippen LogP) is 2.16. The predicted molar refractivity (Wildman–Crippen MR) is 95.2 cm³/mol. The van der Waals surface area contributed by atoms with E-state index in [4.69, 9.17) is 11.6 Å². The average Bonchev–Trinajstić information content (AvgIpc) is 3.00. The Morgan fingerprint density at radius 2 is 1.86 bits per heavy atom. The van der Waals surface area contributed by atoms with Crippen molar-refractivity contribution >= 4 is 17.3 Å². The van der Waals surface area contributed by atoms with Gasteiger partial charge in [-0.1, -0.05) is 11.6 Å². The molecule has 1 saturated heterocycles. The summed E-state index contributed by atoms with van der Waals surface area (Å²) in [6.45, 7) is 1.60. The number of aromatic nitrogens is 4. The number of piperazine rings is 1. The number of aryl methyl sites for hydroxylation is 1. The van der Waals surface area contributed by atoms with Gasteiger partial charge in [-0.15, -0.1) is 0 Å². The van der Waals surface area contributed by atoms with Crippen LogP contribution in [0.25, 0.3) is 0 Å². The second kappa shape index (κ2) is 8.48. The lowest BCUT2D eigenvalue weighted by molar-refractivity contribution is 0.119. The summed E-state index contributed by atoms with van der Waals surface area (Å²) in [5.41, 5.74) is -0.134. The molecule has 0 radical (unpaired) electrons. The SMILES string of the molecule is Cn1cc(CN2CCN(c3cnn(CC(F)F)c(=O)c3Cl)CC2)c(C(F)F)n1. The molecule has 2 aromatic rings. The Morgan fingerprint density at radius 1 is 1.18 bits per heavy atom. The highest BCUT2D eigenvalue weighted by Gasteiger charge is 2.24. The van der Waals surface area contributed by atoms with Crippen LogP contribution in [-0.2, 0) is 20.1 Å². The molecule has 0 atom stereocenters. The van der Waals surface area contributed by atoms with Gasteiger partial charge in [0.2, 0.25) is 0 Å². The smallest absolute Gasteiger partial charge is 0.287 e. The molecule has 0 unspecified atom stereocenters. The molecule has 3 heterocycles.